The Labute approximate surface area is 74.3 Å². The van der Waals surface area contributed by atoms with Crippen LogP contribution in [0.2, 0.25) is 0 Å². The van der Waals surface area contributed by atoms with Gasteiger partial charge in [0.15, 0.2) is 23.3 Å². The fourth-order valence-electron chi connectivity index (χ4n) is 0.774. The zero-order valence-electron chi connectivity index (χ0n) is 6.85. The molecule has 3 nitrogen and oxygen atoms in total. The third-order valence-corrected chi connectivity index (χ3v) is 1.37. The largest absolute Gasteiger partial charge is 0.381 e. The van der Waals surface area contributed by atoms with Crippen molar-refractivity contribution in [3.8, 4) is 0 Å². The predicted molar refractivity (Wildman–Crippen MR) is 47.3 cm³/mol. The van der Waals surface area contributed by atoms with Crippen LogP contribution >= 0.6 is 0 Å². The Hall–Kier alpha value is -1.65. The van der Waals surface area contributed by atoms with Crippen LogP contribution in [0.1, 0.15) is 0 Å². The van der Waals surface area contributed by atoms with Gasteiger partial charge in [0.2, 0.25) is 0 Å². The van der Waals surface area contributed by atoms with Gasteiger partial charge >= 0.3 is 0 Å². The van der Waals surface area contributed by atoms with Gasteiger partial charge in [0.05, 0.1) is 0 Å². The van der Waals surface area contributed by atoms with Crippen LogP contribution in [0.3, 0.4) is 0 Å². The monoisotopic (exact) mass is 185 g/mol. The van der Waals surface area contributed by atoms with Crippen LogP contribution < -0.4 is 11.1 Å². The van der Waals surface area contributed by atoms with Crippen molar-refractivity contribution in [3.63, 3.8) is 0 Å². The maximum absolute atomic E-state index is 12.9. The van der Waals surface area contributed by atoms with Gasteiger partial charge in [-0.2, -0.15) is 0 Å². The van der Waals surface area contributed by atoms with Crippen LogP contribution in [-0.2, 0) is 0 Å². The summed E-state index contributed by atoms with van der Waals surface area (Å²) in [6.07, 6.45) is 1.53. The van der Waals surface area contributed by atoms with Crippen molar-refractivity contribution in [3.05, 3.63) is 30.4 Å². The van der Waals surface area contributed by atoms with Crippen LogP contribution in [-0.4, -0.2) is 11.5 Å². The van der Waals surface area contributed by atoms with E-state index >= 15 is 0 Å². The molecule has 0 atom stereocenters. The molecule has 0 fully saturated rings. The number of hydrogen-bond donors (Lipinski definition) is 2. The van der Waals surface area contributed by atoms with Gasteiger partial charge in [-0.25, -0.2) is 13.8 Å². The van der Waals surface area contributed by atoms with Gasteiger partial charge in [0.1, 0.15) is 0 Å². The lowest BCUT2D eigenvalue weighted by Gasteiger charge is -2.04. The second-order valence-corrected chi connectivity index (χ2v) is 2.36. The first-order valence-corrected chi connectivity index (χ1v) is 3.61. The van der Waals surface area contributed by atoms with E-state index in [1.165, 1.54) is 6.08 Å². The molecule has 0 bridgehead atoms. The van der Waals surface area contributed by atoms with E-state index in [0.29, 0.717) is 12.6 Å². The first kappa shape index (κ1) is 9.44. The van der Waals surface area contributed by atoms with Gasteiger partial charge < -0.3 is 11.1 Å². The number of nitrogens with two attached hydrogens (primary N) is 1. The molecule has 1 aromatic rings. The van der Waals surface area contributed by atoms with Crippen molar-refractivity contribution in [1.82, 2.24) is 4.98 Å². The quantitative estimate of drug-likeness (QED) is 0.702. The lowest BCUT2D eigenvalue weighted by atomic mass is 10.4. The summed E-state index contributed by atoms with van der Waals surface area (Å²) in [5.74, 6) is -2.03. The Kier molecular flexibility index (Phi) is 2.79. The average molecular weight is 185 g/mol. The van der Waals surface area contributed by atoms with Crippen LogP contribution in [0.4, 0.5) is 20.4 Å². The molecule has 0 saturated carbocycles. The van der Waals surface area contributed by atoms with E-state index < -0.39 is 11.6 Å². The average Bonchev–Trinajstić information content (AvgIpc) is 2.09. The molecule has 1 rings (SSSR count). The molecule has 0 spiro atoms. The summed E-state index contributed by atoms with van der Waals surface area (Å²) >= 11 is 0. The Morgan fingerprint density at radius 3 is 2.85 bits per heavy atom. The standard InChI is InChI=1S/C8H9F2N3/c1-2-3-12-8-6(10)4-5(9)7(11)13-8/h2,4H,1,3H2,(H3,11,12,13). The number of pyridine rings is 1. The highest BCUT2D eigenvalue weighted by Gasteiger charge is 2.07. The normalized spacial score (nSPS) is 9.69. The molecule has 0 amide bonds. The third-order valence-electron chi connectivity index (χ3n) is 1.37. The van der Waals surface area contributed by atoms with Gasteiger partial charge in [0.25, 0.3) is 0 Å². The summed E-state index contributed by atoms with van der Waals surface area (Å²) in [5, 5.41) is 2.58. The van der Waals surface area contributed by atoms with E-state index in [1.807, 2.05) is 0 Å². The fourth-order valence-corrected chi connectivity index (χ4v) is 0.774. The van der Waals surface area contributed by atoms with Crippen molar-refractivity contribution in [1.29, 1.82) is 0 Å². The maximum atomic E-state index is 12.9. The zero-order valence-corrected chi connectivity index (χ0v) is 6.85. The molecule has 0 aliphatic heterocycles. The summed E-state index contributed by atoms with van der Waals surface area (Å²) in [6.45, 7) is 3.77. The zero-order chi connectivity index (χ0) is 9.84. The van der Waals surface area contributed by atoms with Crippen molar-refractivity contribution in [2.45, 2.75) is 0 Å². The molecule has 0 aromatic carbocycles. The number of aromatic nitrogens is 1. The molecule has 5 heteroatoms. The van der Waals surface area contributed by atoms with E-state index in [-0.39, 0.29) is 11.6 Å². The predicted octanol–water partition coefficient (Wildman–Crippen LogP) is 1.54. The number of rotatable bonds is 3. The minimum Gasteiger partial charge on any atom is -0.381 e. The molecule has 13 heavy (non-hydrogen) atoms. The Bertz CT molecular complexity index is 325. The molecule has 1 heterocycles. The lowest BCUT2D eigenvalue weighted by molar-refractivity contribution is 0.580. The minimum absolute atomic E-state index is 0.0706. The van der Waals surface area contributed by atoms with E-state index in [9.17, 15) is 8.78 Å². The van der Waals surface area contributed by atoms with E-state index in [0.717, 1.165) is 0 Å². The number of nitrogens with one attached hydrogen (secondary N) is 1. The first-order chi connectivity index (χ1) is 6.15. The molecule has 70 valence electrons. The minimum atomic E-state index is -0.860. The summed E-state index contributed by atoms with van der Waals surface area (Å²) < 4.78 is 25.5. The van der Waals surface area contributed by atoms with Crippen LogP contribution in [0.25, 0.3) is 0 Å². The number of anilines is 2. The molecule has 0 aliphatic rings. The van der Waals surface area contributed by atoms with E-state index in [2.05, 4.69) is 16.9 Å². The third kappa shape index (κ3) is 2.14. The smallest absolute Gasteiger partial charge is 0.168 e. The van der Waals surface area contributed by atoms with Gasteiger partial charge in [-0.05, 0) is 0 Å². The summed E-state index contributed by atoms with van der Waals surface area (Å²) in [5.41, 5.74) is 5.14. The molecule has 3 N–H and O–H groups in total. The van der Waals surface area contributed by atoms with E-state index in [1.54, 1.807) is 0 Å². The van der Waals surface area contributed by atoms with Gasteiger partial charge in [-0.1, -0.05) is 6.08 Å². The molecule has 0 unspecified atom stereocenters. The molecular weight excluding hydrogens is 176 g/mol. The number of halogens is 2. The Balaban J connectivity index is 2.94. The lowest BCUT2D eigenvalue weighted by Crippen LogP contribution is -2.06. The highest BCUT2D eigenvalue weighted by Crippen LogP contribution is 2.15. The first-order valence-electron chi connectivity index (χ1n) is 3.61. The van der Waals surface area contributed by atoms with Crippen molar-refractivity contribution >= 4 is 11.6 Å². The summed E-state index contributed by atoms with van der Waals surface area (Å²) in [4.78, 5) is 3.48. The van der Waals surface area contributed by atoms with Gasteiger partial charge in [-0.3, -0.25) is 0 Å². The molecular formula is C8H9F2N3. The van der Waals surface area contributed by atoms with Crippen molar-refractivity contribution in [2.75, 3.05) is 17.6 Å². The van der Waals surface area contributed by atoms with Crippen LogP contribution in [0, 0.1) is 11.6 Å². The highest BCUT2D eigenvalue weighted by atomic mass is 19.1. The fraction of sp³-hybridized carbons (Fsp3) is 0.125. The Morgan fingerprint density at radius 2 is 2.23 bits per heavy atom. The summed E-state index contributed by atoms with van der Waals surface area (Å²) in [6, 6.07) is 0.688. The molecule has 0 saturated heterocycles. The topological polar surface area (TPSA) is 50.9 Å². The molecule has 1 aromatic heterocycles. The maximum Gasteiger partial charge on any atom is 0.168 e. The second-order valence-electron chi connectivity index (χ2n) is 2.36. The van der Waals surface area contributed by atoms with Crippen molar-refractivity contribution < 1.29 is 8.78 Å². The number of nitrogen functional groups attached to an aromatic ring is 1. The van der Waals surface area contributed by atoms with Crippen molar-refractivity contribution in [2.24, 2.45) is 0 Å². The molecule has 0 aliphatic carbocycles. The number of nitrogens with zero attached hydrogens (tertiary/aromatic N) is 1. The molecule has 0 radical (unpaired) electrons. The second kappa shape index (κ2) is 3.84. The Morgan fingerprint density at radius 1 is 1.54 bits per heavy atom. The van der Waals surface area contributed by atoms with Gasteiger partial charge in [-0.15, -0.1) is 6.58 Å². The van der Waals surface area contributed by atoms with Crippen LogP contribution in [0.15, 0.2) is 18.7 Å². The van der Waals surface area contributed by atoms with Crippen LogP contribution in [0.5, 0.6) is 0 Å². The summed E-state index contributed by atoms with van der Waals surface area (Å²) in [7, 11) is 0. The van der Waals surface area contributed by atoms with Gasteiger partial charge in [0, 0.05) is 12.6 Å². The number of hydrogen-bond acceptors (Lipinski definition) is 3. The SMILES string of the molecule is C=CCNc1nc(N)c(F)cc1F. The van der Waals surface area contributed by atoms with E-state index in [4.69, 9.17) is 5.73 Å². The highest BCUT2D eigenvalue weighted by molar-refractivity contribution is 5.45.